The second kappa shape index (κ2) is 28.6. The first-order valence-electron chi connectivity index (χ1n) is 13.1. The molecule has 5 amide bonds. The number of carbonyl (C=O) groups is 6. The van der Waals surface area contributed by atoms with Crippen molar-refractivity contribution in [2.45, 2.75) is 57.8 Å². The zero-order valence-corrected chi connectivity index (χ0v) is 34.4. The van der Waals surface area contributed by atoms with Crippen molar-refractivity contribution < 1.29 is 151 Å². The number of hydrogen-bond acceptors (Lipinski definition) is 7. The fraction of sp³-hybridized carbons (Fsp3) is 0.556. The molecule has 0 fully saturated rings. The van der Waals surface area contributed by atoms with Crippen LogP contribution in [0.5, 0.6) is 0 Å². The molecule has 1 aromatic carbocycles. The van der Waals surface area contributed by atoms with Crippen LogP contribution >= 0.6 is 0 Å². The molecule has 218 valence electrons. The molecule has 0 spiro atoms. The Morgan fingerprint density at radius 1 is 0.829 bits per heavy atom. The van der Waals surface area contributed by atoms with Crippen molar-refractivity contribution in [2.75, 3.05) is 39.9 Å². The molecular weight excluding hydrogens is 677 g/mol. The van der Waals surface area contributed by atoms with Gasteiger partial charge in [-0.15, -0.1) is 12.2 Å². The van der Waals surface area contributed by atoms with Gasteiger partial charge in [0.05, 0.1) is 18.2 Å². The Bertz CT molecular complexity index is 940. The molecule has 3 N–H and O–H groups in total. The number of hydrogen-bond donors (Lipinski definition) is 3. The van der Waals surface area contributed by atoms with E-state index in [1.165, 1.54) is 7.05 Å². The number of nitrogens with zero attached hydrogens (tertiary/aromatic N) is 2. The van der Waals surface area contributed by atoms with E-state index >= 15 is 0 Å². The van der Waals surface area contributed by atoms with E-state index in [0.717, 1.165) is 25.5 Å². The van der Waals surface area contributed by atoms with Gasteiger partial charge in [0.25, 0.3) is 0 Å². The number of rotatable bonds is 21. The summed E-state index contributed by atoms with van der Waals surface area (Å²) in [7, 11) is 1.53. The van der Waals surface area contributed by atoms with Crippen LogP contribution in [0.25, 0.3) is 10.6 Å². The van der Waals surface area contributed by atoms with Crippen LogP contribution in [0.3, 0.4) is 0 Å². The van der Waals surface area contributed by atoms with Crippen molar-refractivity contribution in [3.8, 4) is 0 Å². The number of amides is 5. The van der Waals surface area contributed by atoms with E-state index in [4.69, 9.17) is 4.74 Å². The molecule has 0 heterocycles. The Morgan fingerprint density at radius 2 is 1.54 bits per heavy atom. The Kier molecular flexibility index (Phi) is 29.9. The molecule has 0 aromatic heterocycles. The van der Waals surface area contributed by atoms with Gasteiger partial charge in [-0.2, -0.15) is 0 Å². The van der Waals surface area contributed by atoms with Crippen molar-refractivity contribution in [1.82, 2.24) is 16.0 Å². The third-order valence-electron chi connectivity index (χ3n) is 5.35. The first-order valence-corrected chi connectivity index (χ1v) is 13.1. The fourth-order valence-corrected chi connectivity index (χ4v) is 3.26. The molecule has 0 atom stereocenters. The van der Waals surface area contributed by atoms with Crippen LogP contribution < -0.4 is 132 Å². The Balaban J connectivity index is -0.00000507. The molecule has 0 aliphatic heterocycles. The van der Waals surface area contributed by atoms with Gasteiger partial charge in [0.15, 0.2) is 0 Å². The monoisotopic (exact) mass is 717 g/mol. The topological polar surface area (TPSA) is 176 Å². The first kappa shape index (κ1) is 42.9. The molecule has 14 heteroatoms. The zero-order chi connectivity index (χ0) is 28.7. The van der Waals surface area contributed by atoms with Crippen LogP contribution in [0.15, 0.2) is 24.3 Å². The van der Waals surface area contributed by atoms with Crippen LogP contribution in [-0.4, -0.2) is 75.7 Å². The summed E-state index contributed by atoms with van der Waals surface area (Å²) < 4.78 is 5.37. The van der Waals surface area contributed by atoms with Crippen molar-refractivity contribution in [1.29, 1.82) is 0 Å². The average molecular weight is 719 g/mol. The van der Waals surface area contributed by atoms with E-state index in [1.54, 1.807) is 24.3 Å². The van der Waals surface area contributed by atoms with Gasteiger partial charge in [0, 0.05) is 60.5 Å². The minimum atomic E-state index is -0.626. The van der Waals surface area contributed by atoms with E-state index in [9.17, 15) is 28.8 Å². The second-order valence-corrected chi connectivity index (χ2v) is 8.66. The maximum atomic E-state index is 12.0. The van der Waals surface area contributed by atoms with Crippen LogP contribution in [-0.2, 0) is 39.9 Å². The predicted octanol–water partition coefficient (Wildman–Crippen LogP) is -3.77. The van der Waals surface area contributed by atoms with E-state index in [2.05, 4.69) is 26.6 Å². The number of benzene rings is 1. The van der Waals surface area contributed by atoms with Gasteiger partial charge in [-0.3, -0.25) is 14.4 Å². The molecule has 0 aliphatic carbocycles. The summed E-state index contributed by atoms with van der Waals surface area (Å²) in [5.74, 6) is -1.65. The number of unbranched alkanes of at least 4 members (excludes halogenated alkanes) is 3. The van der Waals surface area contributed by atoms with Gasteiger partial charge in [-0.1, -0.05) is 30.7 Å². The van der Waals surface area contributed by atoms with Gasteiger partial charge in [0.1, 0.15) is 6.29 Å². The predicted molar refractivity (Wildman–Crippen MR) is 147 cm³/mol. The summed E-state index contributed by atoms with van der Waals surface area (Å²) in [5.41, 5.74) is 1.08. The van der Waals surface area contributed by atoms with Crippen LogP contribution in [0, 0.1) is 0 Å². The molecule has 12 nitrogen and oxygen atoms in total. The van der Waals surface area contributed by atoms with Crippen molar-refractivity contribution in [2.24, 2.45) is 0 Å². The van der Waals surface area contributed by atoms with E-state index in [0.29, 0.717) is 43.7 Å². The molecular formula is C27H41N5O7Rb2. The van der Waals surface area contributed by atoms with Gasteiger partial charge < -0.3 is 45.7 Å². The SMILES string of the molecule is CNC(=O)CCNC(=O)Cc1ccc([N-]C(=O)CC(=O)[N-]CCOCCCC(=O)NCCCCCC=O)cc1.[HH].[Rb+].[Rb+]. The minimum absolute atomic E-state index is 0. The maximum Gasteiger partial charge on any atom is 1.00 e. The molecule has 0 saturated carbocycles. The summed E-state index contributed by atoms with van der Waals surface area (Å²) in [6, 6.07) is 6.49. The maximum absolute atomic E-state index is 12.0. The van der Waals surface area contributed by atoms with Crippen LogP contribution in [0.1, 0.15) is 58.4 Å². The van der Waals surface area contributed by atoms with Gasteiger partial charge in [-0.25, -0.2) is 0 Å². The first-order chi connectivity index (χ1) is 18.8. The van der Waals surface area contributed by atoms with E-state index in [1.807, 2.05) is 0 Å². The number of aldehydes is 1. The van der Waals surface area contributed by atoms with Gasteiger partial charge >= 0.3 is 116 Å². The summed E-state index contributed by atoms with van der Waals surface area (Å²) in [6.45, 7) is 1.52. The molecule has 0 unspecified atom stereocenters. The van der Waals surface area contributed by atoms with Gasteiger partial charge in [0.2, 0.25) is 17.7 Å². The van der Waals surface area contributed by atoms with Crippen molar-refractivity contribution >= 4 is 41.5 Å². The Labute approximate surface area is 341 Å². The Morgan fingerprint density at radius 3 is 2.22 bits per heavy atom. The zero-order valence-electron chi connectivity index (χ0n) is 24.5. The molecule has 0 bridgehead atoms. The summed E-state index contributed by atoms with van der Waals surface area (Å²) in [6.07, 6.45) is 4.79. The van der Waals surface area contributed by atoms with E-state index < -0.39 is 18.2 Å². The molecule has 1 rings (SSSR count). The molecule has 0 saturated heterocycles. The third-order valence-corrected chi connectivity index (χ3v) is 5.35. The van der Waals surface area contributed by atoms with Crippen molar-refractivity contribution in [3.63, 3.8) is 0 Å². The largest absolute Gasteiger partial charge is 1.00 e. The molecule has 0 aliphatic rings. The number of nitrogens with one attached hydrogen (secondary N) is 3. The fourth-order valence-electron chi connectivity index (χ4n) is 3.26. The van der Waals surface area contributed by atoms with Crippen LogP contribution in [0.2, 0.25) is 0 Å². The van der Waals surface area contributed by atoms with Crippen LogP contribution in [0.4, 0.5) is 5.69 Å². The molecule has 1 aromatic rings. The standard InChI is InChI=1S/C27H41N5O7.2Rb.H2/c1-28-23(34)12-14-30-25(36)19-21-8-10-22(11-9-21)32-27(38)20-26(37)31-15-18-39-17-6-7-24(35)29-13-4-2-3-5-16-33;;;/h8-11,16H,2-7,12-15,17-20H2,1H3,(H5,28,29,30,31,32,34,35,36,37,38);;;1H/q;2*+1;/p-2. The number of carbonyl (C=O) groups excluding carboxylic acids is 6. The smallest absolute Gasteiger partial charge is 0.651 e. The summed E-state index contributed by atoms with van der Waals surface area (Å²) >= 11 is 0. The second-order valence-electron chi connectivity index (χ2n) is 8.66. The minimum Gasteiger partial charge on any atom is -0.651 e. The van der Waals surface area contributed by atoms with Gasteiger partial charge in [-0.05, 0) is 24.8 Å². The molecule has 41 heavy (non-hydrogen) atoms. The quantitative estimate of drug-likeness (QED) is 0.0665. The summed E-state index contributed by atoms with van der Waals surface area (Å²) in [4.78, 5) is 68.9. The summed E-state index contributed by atoms with van der Waals surface area (Å²) in [5, 5.41) is 15.6. The van der Waals surface area contributed by atoms with E-state index in [-0.39, 0.29) is 168 Å². The molecule has 0 radical (unpaired) electrons. The normalized spacial score (nSPS) is 9.78. The number of ether oxygens (including phenoxy) is 1. The third kappa shape index (κ3) is 24.9. The average Bonchev–Trinajstić information content (AvgIpc) is 2.91. The van der Waals surface area contributed by atoms with Crippen molar-refractivity contribution in [3.05, 3.63) is 40.5 Å². The Hall–Kier alpha value is -0.190.